The molecule has 0 spiro atoms. The summed E-state index contributed by atoms with van der Waals surface area (Å²) in [5.41, 5.74) is 3.70. The van der Waals surface area contributed by atoms with Gasteiger partial charge in [0.1, 0.15) is 6.10 Å². The van der Waals surface area contributed by atoms with E-state index in [1.165, 1.54) is 18.1 Å². The molecule has 0 radical (unpaired) electrons. The second-order valence-corrected chi connectivity index (χ2v) is 4.98. The van der Waals surface area contributed by atoms with E-state index >= 15 is 0 Å². The zero-order valence-electron chi connectivity index (χ0n) is 9.57. The van der Waals surface area contributed by atoms with Crippen molar-refractivity contribution in [2.45, 2.75) is 31.8 Å². The monoisotopic (exact) mass is 248 g/mol. The van der Waals surface area contributed by atoms with E-state index in [9.17, 15) is 4.79 Å². The number of aryl methyl sites for hydroxylation is 1. The fraction of sp³-hybridized carbons (Fsp3) is 0.357. The Balaban J connectivity index is 1.93. The normalized spacial score (nSPS) is 25.8. The standard InChI is InChI=1S/C14H13ClO2/c1-8(16)17-11-7-6-9-4-2-3-5-10(9)12-13(11)14(12)15/h2-5,11-12H,6-7H2,1H3/t11-,12-/m0/s1. The smallest absolute Gasteiger partial charge is 0.303 e. The van der Waals surface area contributed by atoms with E-state index in [0.29, 0.717) is 0 Å². The fourth-order valence-electron chi connectivity index (χ4n) is 2.66. The summed E-state index contributed by atoms with van der Waals surface area (Å²) in [6.45, 7) is 1.45. The van der Waals surface area contributed by atoms with Crippen molar-refractivity contribution in [1.82, 2.24) is 0 Å². The third-order valence-electron chi connectivity index (χ3n) is 3.45. The van der Waals surface area contributed by atoms with Crippen LogP contribution in [0.5, 0.6) is 0 Å². The van der Waals surface area contributed by atoms with Gasteiger partial charge in [0.25, 0.3) is 0 Å². The SMILES string of the molecule is CC(=O)O[C@H]1CCc2ccccc2[C@@H]2C(Cl)=C21. The number of carbonyl (C=O) groups excluding carboxylic acids is 1. The number of fused-ring (bicyclic) bond motifs is 3. The minimum absolute atomic E-state index is 0.127. The minimum atomic E-state index is -0.233. The molecule has 2 aliphatic rings. The molecule has 0 aromatic heterocycles. The highest BCUT2D eigenvalue weighted by molar-refractivity contribution is 6.34. The molecule has 0 saturated carbocycles. The number of rotatable bonds is 1. The Labute approximate surface area is 105 Å². The maximum atomic E-state index is 11.1. The second kappa shape index (κ2) is 3.88. The van der Waals surface area contributed by atoms with Crippen molar-refractivity contribution in [3.05, 3.63) is 46.0 Å². The topological polar surface area (TPSA) is 26.3 Å². The van der Waals surface area contributed by atoms with Crippen LogP contribution in [-0.4, -0.2) is 12.1 Å². The highest BCUT2D eigenvalue weighted by atomic mass is 35.5. The van der Waals surface area contributed by atoms with E-state index in [0.717, 1.165) is 23.4 Å². The lowest BCUT2D eigenvalue weighted by Crippen LogP contribution is -2.15. The Morgan fingerprint density at radius 3 is 2.94 bits per heavy atom. The van der Waals surface area contributed by atoms with Crippen molar-refractivity contribution in [3.63, 3.8) is 0 Å². The first-order chi connectivity index (χ1) is 8.18. The van der Waals surface area contributed by atoms with Gasteiger partial charge in [0.15, 0.2) is 0 Å². The maximum Gasteiger partial charge on any atom is 0.303 e. The van der Waals surface area contributed by atoms with Gasteiger partial charge in [0.2, 0.25) is 0 Å². The van der Waals surface area contributed by atoms with Gasteiger partial charge >= 0.3 is 5.97 Å². The summed E-state index contributed by atoms with van der Waals surface area (Å²) in [4.78, 5) is 11.1. The van der Waals surface area contributed by atoms with Crippen LogP contribution >= 0.6 is 11.6 Å². The molecule has 0 unspecified atom stereocenters. The molecule has 17 heavy (non-hydrogen) atoms. The molecule has 0 amide bonds. The molecule has 0 aliphatic heterocycles. The van der Waals surface area contributed by atoms with Crippen LogP contribution in [0, 0.1) is 0 Å². The molecule has 2 atom stereocenters. The van der Waals surface area contributed by atoms with Crippen LogP contribution in [0.3, 0.4) is 0 Å². The van der Waals surface area contributed by atoms with Gasteiger partial charge in [0, 0.05) is 17.9 Å². The van der Waals surface area contributed by atoms with Gasteiger partial charge in [-0.25, -0.2) is 0 Å². The van der Waals surface area contributed by atoms with Crippen molar-refractivity contribution >= 4 is 17.6 Å². The molecule has 1 aromatic rings. The van der Waals surface area contributed by atoms with Crippen molar-refractivity contribution < 1.29 is 9.53 Å². The van der Waals surface area contributed by atoms with Crippen LogP contribution in [0.2, 0.25) is 0 Å². The van der Waals surface area contributed by atoms with Crippen molar-refractivity contribution in [3.8, 4) is 0 Å². The number of allylic oxidation sites excluding steroid dienone is 1. The first-order valence-electron chi connectivity index (χ1n) is 5.83. The fourth-order valence-corrected chi connectivity index (χ4v) is 3.07. The molecule has 1 aromatic carbocycles. The number of ether oxygens (including phenoxy) is 1. The molecular formula is C14H13ClO2. The average molecular weight is 249 g/mol. The Morgan fingerprint density at radius 2 is 2.18 bits per heavy atom. The van der Waals surface area contributed by atoms with E-state index in [4.69, 9.17) is 16.3 Å². The lowest BCUT2D eigenvalue weighted by molar-refractivity contribution is -0.144. The Morgan fingerprint density at radius 1 is 1.41 bits per heavy atom. The summed E-state index contributed by atoms with van der Waals surface area (Å²) < 4.78 is 5.35. The van der Waals surface area contributed by atoms with Crippen molar-refractivity contribution in [1.29, 1.82) is 0 Å². The average Bonchev–Trinajstić information content (AvgIpc) is 2.98. The number of esters is 1. The van der Waals surface area contributed by atoms with Gasteiger partial charge in [-0.1, -0.05) is 35.9 Å². The summed E-state index contributed by atoms with van der Waals surface area (Å²) in [7, 11) is 0. The zero-order chi connectivity index (χ0) is 12.0. The molecule has 88 valence electrons. The molecule has 0 N–H and O–H groups in total. The lowest BCUT2D eigenvalue weighted by atomic mass is 10.0. The van der Waals surface area contributed by atoms with Crippen LogP contribution in [0.1, 0.15) is 30.4 Å². The van der Waals surface area contributed by atoms with Crippen LogP contribution < -0.4 is 0 Å². The van der Waals surface area contributed by atoms with E-state index in [-0.39, 0.29) is 18.0 Å². The van der Waals surface area contributed by atoms with E-state index in [1.54, 1.807) is 0 Å². The quantitative estimate of drug-likeness (QED) is 0.714. The summed E-state index contributed by atoms with van der Waals surface area (Å²) in [5, 5.41) is 0.864. The maximum absolute atomic E-state index is 11.1. The molecule has 3 heteroatoms. The van der Waals surface area contributed by atoms with Crippen LogP contribution in [-0.2, 0) is 16.0 Å². The number of benzene rings is 1. The van der Waals surface area contributed by atoms with Gasteiger partial charge in [-0.15, -0.1) is 0 Å². The Kier molecular flexibility index (Phi) is 2.48. The first-order valence-corrected chi connectivity index (χ1v) is 6.20. The van der Waals surface area contributed by atoms with Crippen LogP contribution in [0.25, 0.3) is 0 Å². The first kappa shape index (κ1) is 10.8. The summed E-state index contributed by atoms with van der Waals surface area (Å²) in [6.07, 6.45) is 1.65. The lowest BCUT2D eigenvalue weighted by Gasteiger charge is -2.12. The van der Waals surface area contributed by atoms with Crippen LogP contribution in [0.15, 0.2) is 34.9 Å². The number of hydrogen-bond acceptors (Lipinski definition) is 2. The van der Waals surface area contributed by atoms with E-state index in [2.05, 4.69) is 12.1 Å². The predicted octanol–water partition coefficient (Wildman–Crippen LogP) is 3.15. The van der Waals surface area contributed by atoms with Crippen LogP contribution in [0.4, 0.5) is 0 Å². The highest BCUT2D eigenvalue weighted by Crippen LogP contribution is 2.55. The number of halogens is 1. The third kappa shape index (κ3) is 1.77. The summed E-state index contributed by atoms with van der Waals surface area (Å²) >= 11 is 6.22. The van der Waals surface area contributed by atoms with Gasteiger partial charge in [0.05, 0.1) is 0 Å². The second-order valence-electron chi connectivity index (χ2n) is 4.57. The minimum Gasteiger partial charge on any atom is -0.458 e. The van der Waals surface area contributed by atoms with Gasteiger partial charge in [-0.05, 0) is 29.5 Å². The molecular weight excluding hydrogens is 236 g/mol. The highest BCUT2D eigenvalue weighted by Gasteiger charge is 2.45. The third-order valence-corrected chi connectivity index (χ3v) is 3.89. The summed E-state index contributed by atoms with van der Waals surface area (Å²) in [5.74, 6) is -0.0247. The molecule has 2 nitrogen and oxygen atoms in total. The number of hydrogen-bond donors (Lipinski definition) is 0. The van der Waals surface area contributed by atoms with Gasteiger partial charge in [-0.2, -0.15) is 0 Å². The molecule has 0 heterocycles. The van der Waals surface area contributed by atoms with Crippen molar-refractivity contribution in [2.24, 2.45) is 0 Å². The summed E-state index contributed by atoms with van der Waals surface area (Å²) in [6, 6.07) is 8.32. The Bertz CT molecular complexity index is 519. The van der Waals surface area contributed by atoms with Gasteiger partial charge < -0.3 is 4.74 Å². The van der Waals surface area contributed by atoms with E-state index in [1.807, 2.05) is 12.1 Å². The largest absolute Gasteiger partial charge is 0.458 e. The predicted molar refractivity (Wildman–Crippen MR) is 65.9 cm³/mol. The number of carbonyl (C=O) groups is 1. The van der Waals surface area contributed by atoms with Gasteiger partial charge in [-0.3, -0.25) is 4.79 Å². The molecule has 3 rings (SSSR count). The molecule has 0 fully saturated rings. The molecule has 0 bridgehead atoms. The molecule has 0 saturated heterocycles. The molecule has 2 aliphatic carbocycles. The van der Waals surface area contributed by atoms with E-state index < -0.39 is 0 Å². The van der Waals surface area contributed by atoms with Crippen molar-refractivity contribution in [2.75, 3.05) is 0 Å². The zero-order valence-corrected chi connectivity index (χ0v) is 10.3. The Hall–Kier alpha value is -1.28.